The van der Waals surface area contributed by atoms with Gasteiger partial charge < -0.3 is 9.64 Å². The van der Waals surface area contributed by atoms with E-state index in [1.54, 1.807) is 6.20 Å². The molecular formula is C24H23N3O2. The summed E-state index contributed by atoms with van der Waals surface area (Å²) in [5.74, 6) is 1.03. The summed E-state index contributed by atoms with van der Waals surface area (Å²) in [5.41, 5.74) is 3.15. The lowest BCUT2D eigenvalue weighted by Gasteiger charge is -2.32. The monoisotopic (exact) mass is 385 g/mol. The molecule has 1 aliphatic rings. The van der Waals surface area contributed by atoms with Gasteiger partial charge in [0.15, 0.2) is 0 Å². The Kier molecular flexibility index (Phi) is 5.44. The van der Waals surface area contributed by atoms with Crippen LogP contribution in [-0.4, -0.2) is 35.0 Å². The normalized spacial score (nSPS) is 14.6. The van der Waals surface area contributed by atoms with E-state index in [1.165, 1.54) is 0 Å². The van der Waals surface area contributed by atoms with Crippen LogP contribution in [0.2, 0.25) is 0 Å². The van der Waals surface area contributed by atoms with E-state index in [1.807, 2.05) is 60.4 Å². The first kappa shape index (κ1) is 18.9. The number of ether oxygens (including phenoxy) is 1. The molecule has 1 aromatic heterocycles. The van der Waals surface area contributed by atoms with Crippen molar-refractivity contribution < 1.29 is 9.53 Å². The number of likely N-dealkylation sites (tertiary alicyclic amines) is 1. The van der Waals surface area contributed by atoms with Crippen molar-refractivity contribution in [2.45, 2.75) is 32.3 Å². The minimum atomic E-state index is 0.126. The van der Waals surface area contributed by atoms with E-state index in [4.69, 9.17) is 4.74 Å². The van der Waals surface area contributed by atoms with Crippen LogP contribution in [0.3, 0.4) is 0 Å². The molecule has 146 valence electrons. The number of hydrogen-bond donors (Lipinski definition) is 0. The van der Waals surface area contributed by atoms with Gasteiger partial charge in [0.25, 0.3) is 0 Å². The van der Waals surface area contributed by atoms with Crippen LogP contribution < -0.4 is 4.74 Å². The van der Waals surface area contributed by atoms with Gasteiger partial charge in [-0.1, -0.05) is 37.3 Å². The highest BCUT2D eigenvalue weighted by molar-refractivity contribution is 5.91. The molecule has 1 aliphatic heterocycles. The Morgan fingerprint density at radius 3 is 2.62 bits per heavy atom. The SMILES string of the molecule is CCC(=O)N1CCC(Oc2ccc(-c3ccc4cccnc4c3C#N)cc2)CC1. The fourth-order valence-electron chi connectivity index (χ4n) is 3.85. The molecule has 1 amide bonds. The molecule has 0 spiro atoms. The van der Waals surface area contributed by atoms with Crippen molar-refractivity contribution in [2.75, 3.05) is 13.1 Å². The maximum absolute atomic E-state index is 11.8. The van der Waals surface area contributed by atoms with Crippen LogP contribution in [0.15, 0.2) is 54.7 Å². The zero-order chi connectivity index (χ0) is 20.2. The molecule has 0 saturated carbocycles. The van der Waals surface area contributed by atoms with Crippen molar-refractivity contribution in [1.29, 1.82) is 5.26 Å². The summed E-state index contributed by atoms with van der Waals surface area (Å²) < 4.78 is 6.12. The van der Waals surface area contributed by atoms with Gasteiger partial charge in [-0.3, -0.25) is 9.78 Å². The molecule has 0 radical (unpaired) electrons. The summed E-state index contributed by atoms with van der Waals surface area (Å²) >= 11 is 0. The number of pyridine rings is 1. The number of amides is 1. The van der Waals surface area contributed by atoms with Gasteiger partial charge in [-0.25, -0.2) is 0 Å². The van der Waals surface area contributed by atoms with Crippen LogP contribution in [0.25, 0.3) is 22.0 Å². The molecule has 0 aliphatic carbocycles. The molecule has 0 bridgehead atoms. The van der Waals surface area contributed by atoms with Gasteiger partial charge in [0.1, 0.15) is 17.9 Å². The van der Waals surface area contributed by atoms with Crippen molar-refractivity contribution in [3.05, 3.63) is 60.3 Å². The van der Waals surface area contributed by atoms with Crippen LogP contribution >= 0.6 is 0 Å². The van der Waals surface area contributed by atoms with Crippen LogP contribution in [0.4, 0.5) is 0 Å². The third-order valence-electron chi connectivity index (χ3n) is 5.45. The average molecular weight is 385 g/mol. The molecule has 5 heteroatoms. The summed E-state index contributed by atoms with van der Waals surface area (Å²) in [6, 6.07) is 18.0. The Hall–Kier alpha value is -3.39. The van der Waals surface area contributed by atoms with Crippen molar-refractivity contribution in [3.8, 4) is 22.9 Å². The van der Waals surface area contributed by atoms with E-state index in [-0.39, 0.29) is 12.0 Å². The van der Waals surface area contributed by atoms with E-state index < -0.39 is 0 Å². The number of rotatable bonds is 4. The molecule has 2 aromatic carbocycles. The molecule has 3 aromatic rings. The Morgan fingerprint density at radius 2 is 1.93 bits per heavy atom. The lowest BCUT2D eigenvalue weighted by molar-refractivity contribution is -0.132. The number of fused-ring (bicyclic) bond motifs is 1. The highest BCUT2D eigenvalue weighted by atomic mass is 16.5. The summed E-state index contributed by atoms with van der Waals surface area (Å²) in [6.45, 7) is 3.41. The van der Waals surface area contributed by atoms with E-state index in [2.05, 4.69) is 11.1 Å². The zero-order valence-electron chi connectivity index (χ0n) is 16.5. The van der Waals surface area contributed by atoms with Crippen molar-refractivity contribution >= 4 is 16.8 Å². The molecule has 0 unspecified atom stereocenters. The highest BCUT2D eigenvalue weighted by Gasteiger charge is 2.23. The molecule has 0 N–H and O–H groups in total. The third-order valence-corrected chi connectivity index (χ3v) is 5.45. The molecule has 0 atom stereocenters. The van der Waals surface area contributed by atoms with E-state index >= 15 is 0 Å². The molecule has 29 heavy (non-hydrogen) atoms. The lowest BCUT2D eigenvalue weighted by atomic mass is 9.97. The summed E-state index contributed by atoms with van der Waals surface area (Å²) in [7, 11) is 0. The molecule has 5 nitrogen and oxygen atoms in total. The van der Waals surface area contributed by atoms with Gasteiger partial charge >= 0.3 is 0 Å². The quantitative estimate of drug-likeness (QED) is 0.661. The van der Waals surface area contributed by atoms with Gasteiger partial charge in [0.05, 0.1) is 11.1 Å². The van der Waals surface area contributed by atoms with E-state index in [0.717, 1.165) is 53.7 Å². The Balaban J connectivity index is 1.49. The van der Waals surface area contributed by atoms with Crippen LogP contribution in [0.1, 0.15) is 31.7 Å². The number of nitrogens with zero attached hydrogens (tertiary/aromatic N) is 3. The largest absolute Gasteiger partial charge is 0.490 e. The Bertz CT molecular complexity index is 1060. The van der Waals surface area contributed by atoms with Crippen LogP contribution in [-0.2, 0) is 4.79 Å². The second-order valence-electron chi connectivity index (χ2n) is 7.25. The lowest BCUT2D eigenvalue weighted by Crippen LogP contribution is -2.41. The smallest absolute Gasteiger partial charge is 0.222 e. The van der Waals surface area contributed by atoms with Gasteiger partial charge in [0, 0.05) is 49.5 Å². The maximum atomic E-state index is 11.8. The molecular weight excluding hydrogens is 362 g/mol. The number of benzene rings is 2. The molecule has 1 saturated heterocycles. The molecule has 2 heterocycles. The number of nitriles is 1. The predicted molar refractivity (Wildman–Crippen MR) is 112 cm³/mol. The second kappa shape index (κ2) is 8.32. The first-order valence-corrected chi connectivity index (χ1v) is 10.0. The Labute approximate surface area is 170 Å². The standard InChI is InChI=1S/C24H23N3O2/c1-2-23(28)27-14-11-20(12-15-27)29-19-8-5-17(6-9-19)21-10-7-18-4-3-13-26-24(18)22(21)16-25/h3-10,13,20H,2,11-12,14-15H2,1H3. The Morgan fingerprint density at radius 1 is 1.17 bits per heavy atom. The second-order valence-corrected chi connectivity index (χ2v) is 7.25. The number of carbonyl (C=O) groups is 1. The van der Waals surface area contributed by atoms with Gasteiger partial charge in [-0.15, -0.1) is 0 Å². The van der Waals surface area contributed by atoms with Gasteiger partial charge in [-0.05, 0) is 23.8 Å². The zero-order valence-corrected chi connectivity index (χ0v) is 16.5. The summed E-state index contributed by atoms with van der Waals surface area (Å²) in [5, 5.41) is 10.6. The maximum Gasteiger partial charge on any atom is 0.222 e. The highest BCUT2D eigenvalue weighted by Crippen LogP contribution is 2.30. The number of piperidine rings is 1. The number of carbonyl (C=O) groups excluding carboxylic acids is 1. The number of aromatic nitrogens is 1. The minimum Gasteiger partial charge on any atom is -0.490 e. The fourth-order valence-corrected chi connectivity index (χ4v) is 3.85. The van der Waals surface area contributed by atoms with Crippen molar-refractivity contribution in [3.63, 3.8) is 0 Å². The molecule has 1 fully saturated rings. The summed E-state index contributed by atoms with van der Waals surface area (Å²) in [4.78, 5) is 18.1. The molecule has 4 rings (SSSR count). The van der Waals surface area contributed by atoms with E-state index in [0.29, 0.717) is 12.0 Å². The van der Waals surface area contributed by atoms with Crippen LogP contribution in [0, 0.1) is 11.3 Å². The van der Waals surface area contributed by atoms with Crippen molar-refractivity contribution in [2.24, 2.45) is 0 Å². The van der Waals surface area contributed by atoms with Crippen molar-refractivity contribution in [1.82, 2.24) is 9.88 Å². The third kappa shape index (κ3) is 3.93. The topological polar surface area (TPSA) is 66.2 Å². The minimum absolute atomic E-state index is 0.126. The first-order chi connectivity index (χ1) is 14.2. The van der Waals surface area contributed by atoms with E-state index in [9.17, 15) is 10.1 Å². The van der Waals surface area contributed by atoms with Crippen LogP contribution in [0.5, 0.6) is 5.75 Å². The average Bonchev–Trinajstić information content (AvgIpc) is 2.79. The van der Waals surface area contributed by atoms with Gasteiger partial charge in [0.2, 0.25) is 5.91 Å². The fraction of sp³-hybridized carbons (Fsp3) is 0.292. The predicted octanol–water partition coefficient (Wildman–Crippen LogP) is 4.55. The first-order valence-electron chi connectivity index (χ1n) is 10.0. The number of hydrogen-bond acceptors (Lipinski definition) is 4. The summed E-state index contributed by atoms with van der Waals surface area (Å²) in [6.07, 6.45) is 4.09. The van der Waals surface area contributed by atoms with Gasteiger partial charge in [-0.2, -0.15) is 5.26 Å².